The molecule has 0 fully saturated rings. The Morgan fingerprint density at radius 1 is 1.71 bits per heavy atom. The highest BCUT2D eigenvalue weighted by atomic mass is 16.5. The first-order valence-electron chi connectivity index (χ1n) is 4.29. The van der Waals surface area contributed by atoms with Crippen LogP contribution in [0.4, 0.5) is 0 Å². The predicted octanol–water partition coefficient (Wildman–Crippen LogP) is 2.36. The molecular formula is C11H12N2O. The Morgan fingerprint density at radius 3 is 2.93 bits per heavy atom. The Morgan fingerprint density at radius 2 is 2.43 bits per heavy atom. The zero-order valence-corrected chi connectivity index (χ0v) is 8.32. The SMILES string of the molecule is C=Cc1cc(OC)cnc1C(C)C#N. The number of pyridine rings is 1. The van der Waals surface area contributed by atoms with Crippen molar-refractivity contribution < 1.29 is 4.74 Å². The van der Waals surface area contributed by atoms with Gasteiger partial charge in [-0.1, -0.05) is 12.7 Å². The van der Waals surface area contributed by atoms with Crippen LogP contribution in [0.1, 0.15) is 24.1 Å². The van der Waals surface area contributed by atoms with Crippen LogP contribution in [0, 0.1) is 11.3 Å². The molecule has 0 spiro atoms. The lowest BCUT2D eigenvalue weighted by Gasteiger charge is -2.08. The normalized spacial score (nSPS) is 11.5. The second kappa shape index (κ2) is 4.43. The first-order chi connectivity index (χ1) is 6.72. The number of nitriles is 1. The van der Waals surface area contributed by atoms with Gasteiger partial charge in [-0.05, 0) is 13.0 Å². The van der Waals surface area contributed by atoms with E-state index >= 15 is 0 Å². The van der Waals surface area contributed by atoms with Gasteiger partial charge in [-0.3, -0.25) is 4.98 Å². The lowest BCUT2D eigenvalue weighted by Crippen LogP contribution is -1.98. The predicted molar refractivity (Wildman–Crippen MR) is 54.9 cm³/mol. The molecule has 1 rings (SSSR count). The second-order valence-corrected chi connectivity index (χ2v) is 2.90. The monoisotopic (exact) mass is 188 g/mol. The van der Waals surface area contributed by atoms with Gasteiger partial charge in [0.05, 0.1) is 31.0 Å². The molecule has 0 aromatic carbocycles. The molecule has 1 unspecified atom stereocenters. The summed E-state index contributed by atoms with van der Waals surface area (Å²) >= 11 is 0. The number of hydrogen-bond acceptors (Lipinski definition) is 3. The summed E-state index contributed by atoms with van der Waals surface area (Å²) in [4.78, 5) is 4.17. The Labute approximate surface area is 83.7 Å². The van der Waals surface area contributed by atoms with E-state index in [0.29, 0.717) is 5.75 Å². The first kappa shape index (κ1) is 10.3. The maximum atomic E-state index is 8.78. The third-order valence-electron chi connectivity index (χ3n) is 1.98. The fourth-order valence-corrected chi connectivity index (χ4v) is 1.17. The fraction of sp³-hybridized carbons (Fsp3) is 0.273. The molecule has 3 nitrogen and oxygen atoms in total. The Hall–Kier alpha value is -1.82. The summed E-state index contributed by atoms with van der Waals surface area (Å²) in [5.74, 6) is 0.447. The van der Waals surface area contributed by atoms with Crippen LogP contribution >= 0.6 is 0 Å². The number of ether oxygens (including phenoxy) is 1. The van der Waals surface area contributed by atoms with Gasteiger partial charge >= 0.3 is 0 Å². The van der Waals surface area contributed by atoms with Crippen LogP contribution in [0.3, 0.4) is 0 Å². The van der Waals surface area contributed by atoms with Gasteiger partial charge in [0.25, 0.3) is 0 Å². The van der Waals surface area contributed by atoms with E-state index in [4.69, 9.17) is 10.00 Å². The highest BCUT2D eigenvalue weighted by molar-refractivity contribution is 5.53. The second-order valence-electron chi connectivity index (χ2n) is 2.90. The van der Waals surface area contributed by atoms with Crippen LogP contribution in [-0.4, -0.2) is 12.1 Å². The van der Waals surface area contributed by atoms with E-state index in [9.17, 15) is 0 Å². The molecule has 0 bridgehead atoms. The van der Waals surface area contributed by atoms with Crippen molar-refractivity contribution in [3.63, 3.8) is 0 Å². The van der Waals surface area contributed by atoms with Crippen LogP contribution in [0.5, 0.6) is 5.75 Å². The molecule has 0 radical (unpaired) electrons. The van der Waals surface area contributed by atoms with E-state index in [1.54, 1.807) is 19.4 Å². The number of nitrogens with zero attached hydrogens (tertiary/aromatic N) is 2. The summed E-state index contributed by atoms with van der Waals surface area (Å²) in [6.07, 6.45) is 3.29. The summed E-state index contributed by atoms with van der Waals surface area (Å²) in [7, 11) is 1.58. The van der Waals surface area contributed by atoms with E-state index in [0.717, 1.165) is 11.3 Å². The third-order valence-corrected chi connectivity index (χ3v) is 1.98. The Kier molecular flexibility index (Phi) is 3.24. The molecule has 1 atom stereocenters. The van der Waals surface area contributed by atoms with Crippen molar-refractivity contribution in [2.45, 2.75) is 12.8 Å². The minimum absolute atomic E-state index is 0.228. The Balaban J connectivity index is 3.19. The van der Waals surface area contributed by atoms with E-state index in [2.05, 4.69) is 17.6 Å². The van der Waals surface area contributed by atoms with Crippen molar-refractivity contribution in [1.29, 1.82) is 5.26 Å². The van der Waals surface area contributed by atoms with E-state index in [1.807, 2.05) is 13.0 Å². The average Bonchev–Trinajstić information content (AvgIpc) is 2.27. The minimum atomic E-state index is -0.228. The topological polar surface area (TPSA) is 45.9 Å². The molecule has 14 heavy (non-hydrogen) atoms. The molecule has 0 aliphatic heterocycles. The molecule has 1 aromatic heterocycles. The zero-order valence-electron chi connectivity index (χ0n) is 8.32. The maximum Gasteiger partial charge on any atom is 0.137 e. The van der Waals surface area contributed by atoms with Crippen molar-refractivity contribution in [3.8, 4) is 11.8 Å². The maximum absolute atomic E-state index is 8.78. The molecule has 1 aromatic rings. The molecular weight excluding hydrogens is 176 g/mol. The van der Waals surface area contributed by atoms with Crippen LogP contribution < -0.4 is 4.74 Å². The summed E-state index contributed by atoms with van der Waals surface area (Å²) in [6.45, 7) is 5.49. The molecule has 0 amide bonds. The molecule has 0 aliphatic carbocycles. The number of hydrogen-bond donors (Lipinski definition) is 0. The zero-order chi connectivity index (χ0) is 10.6. The molecule has 0 saturated carbocycles. The summed E-state index contributed by atoms with van der Waals surface area (Å²) in [6, 6.07) is 3.96. The van der Waals surface area contributed by atoms with Gasteiger partial charge in [-0.2, -0.15) is 5.26 Å². The van der Waals surface area contributed by atoms with E-state index in [1.165, 1.54) is 0 Å². The van der Waals surface area contributed by atoms with Gasteiger partial charge in [0, 0.05) is 5.56 Å². The number of rotatable bonds is 3. The van der Waals surface area contributed by atoms with Crippen molar-refractivity contribution in [1.82, 2.24) is 4.98 Å². The summed E-state index contributed by atoms with van der Waals surface area (Å²) in [5.41, 5.74) is 1.58. The van der Waals surface area contributed by atoms with Gasteiger partial charge < -0.3 is 4.74 Å². The molecule has 1 heterocycles. The van der Waals surface area contributed by atoms with Crippen LogP contribution in [0.2, 0.25) is 0 Å². The smallest absolute Gasteiger partial charge is 0.137 e. The number of aromatic nitrogens is 1. The van der Waals surface area contributed by atoms with E-state index < -0.39 is 0 Å². The minimum Gasteiger partial charge on any atom is -0.495 e. The lowest BCUT2D eigenvalue weighted by molar-refractivity contribution is 0.412. The lowest BCUT2D eigenvalue weighted by atomic mass is 10.0. The first-order valence-corrected chi connectivity index (χ1v) is 4.29. The third kappa shape index (κ3) is 1.91. The van der Waals surface area contributed by atoms with Crippen molar-refractivity contribution >= 4 is 6.08 Å². The summed E-state index contributed by atoms with van der Waals surface area (Å²) in [5, 5.41) is 8.78. The van der Waals surface area contributed by atoms with Crippen LogP contribution in [0.25, 0.3) is 6.08 Å². The largest absolute Gasteiger partial charge is 0.495 e. The standard InChI is InChI=1S/C11H12N2O/c1-4-9-5-10(14-3)7-13-11(9)8(2)6-12/h4-5,7-8H,1H2,2-3H3. The quantitative estimate of drug-likeness (QED) is 0.731. The Bertz CT molecular complexity index is 379. The fourth-order valence-electron chi connectivity index (χ4n) is 1.17. The van der Waals surface area contributed by atoms with Gasteiger partial charge in [-0.25, -0.2) is 0 Å². The van der Waals surface area contributed by atoms with Gasteiger partial charge in [0.15, 0.2) is 0 Å². The molecule has 0 N–H and O–H groups in total. The van der Waals surface area contributed by atoms with Crippen molar-refractivity contribution in [2.75, 3.05) is 7.11 Å². The average molecular weight is 188 g/mol. The van der Waals surface area contributed by atoms with Gasteiger partial charge in [0.1, 0.15) is 5.75 Å². The summed E-state index contributed by atoms with van der Waals surface area (Å²) < 4.78 is 5.03. The molecule has 0 saturated heterocycles. The van der Waals surface area contributed by atoms with E-state index in [-0.39, 0.29) is 5.92 Å². The van der Waals surface area contributed by atoms with Gasteiger partial charge in [0.2, 0.25) is 0 Å². The number of methoxy groups -OCH3 is 1. The van der Waals surface area contributed by atoms with Crippen LogP contribution in [0.15, 0.2) is 18.8 Å². The van der Waals surface area contributed by atoms with Crippen molar-refractivity contribution in [3.05, 3.63) is 30.1 Å². The molecule has 3 heteroatoms. The molecule has 0 aliphatic rings. The van der Waals surface area contributed by atoms with Crippen LogP contribution in [-0.2, 0) is 0 Å². The van der Waals surface area contributed by atoms with Gasteiger partial charge in [-0.15, -0.1) is 0 Å². The highest BCUT2D eigenvalue weighted by Gasteiger charge is 2.10. The van der Waals surface area contributed by atoms with Crippen molar-refractivity contribution in [2.24, 2.45) is 0 Å². The molecule has 72 valence electrons. The highest BCUT2D eigenvalue weighted by Crippen LogP contribution is 2.21.